The second-order valence-corrected chi connectivity index (χ2v) is 4.13. The monoisotopic (exact) mass is 254 g/mol. The number of aromatic nitrogens is 2. The molecule has 0 radical (unpaired) electrons. The minimum atomic E-state index is -1.07. The number of hydrogen-bond acceptors (Lipinski definition) is 2. The van der Waals surface area contributed by atoms with Crippen LogP contribution in [0.15, 0.2) is 30.7 Å². The first-order valence-corrected chi connectivity index (χ1v) is 5.64. The highest BCUT2D eigenvalue weighted by Gasteiger charge is 2.17. The summed E-state index contributed by atoms with van der Waals surface area (Å²) in [6, 6.07) is 4.18. The maximum Gasteiger partial charge on any atom is 0.130 e. The van der Waals surface area contributed by atoms with E-state index in [1.165, 1.54) is 12.1 Å². The Hall–Kier alpha value is -1.39. The molecule has 1 N–H and O–H groups in total. The van der Waals surface area contributed by atoms with E-state index < -0.39 is 11.9 Å². The third-order valence-corrected chi connectivity index (χ3v) is 2.79. The SMILES string of the molecule is CCn1cnc(C(O)c2ccc(Cl)cc2F)c1. The van der Waals surface area contributed by atoms with Gasteiger partial charge in [-0.05, 0) is 19.1 Å². The van der Waals surface area contributed by atoms with Gasteiger partial charge in [0.05, 0.1) is 12.0 Å². The maximum atomic E-state index is 13.6. The lowest BCUT2D eigenvalue weighted by molar-refractivity contribution is 0.210. The number of benzene rings is 1. The third kappa shape index (κ3) is 2.48. The average Bonchev–Trinajstić information content (AvgIpc) is 2.76. The highest BCUT2D eigenvalue weighted by atomic mass is 35.5. The van der Waals surface area contributed by atoms with E-state index in [4.69, 9.17) is 11.6 Å². The van der Waals surface area contributed by atoms with Crippen LogP contribution in [0.4, 0.5) is 4.39 Å². The lowest BCUT2D eigenvalue weighted by atomic mass is 10.1. The van der Waals surface area contributed by atoms with Crippen molar-refractivity contribution in [1.82, 2.24) is 9.55 Å². The summed E-state index contributed by atoms with van der Waals surface area (Å²) in [4.78, 5) is 4.04. The normalized spacial score (nSPS) is 12.7. The first-order valence-electron chi connectivity index (χ1n) is 5.26. The van der Waals surface area contributed by atoms with Crippen molar-refractivity contribution >= 4 is 11.6 Å². The van der Waals surface area contributed by atoms with Crippen LogP contribution in [0.25, 0.3) is 0 Å². The summed E-state index contributed by atoms with van der Waals surface area (Å²) < 4.78 is 15.4. The van der Waals surface area contributed by atoms with Crippen LogP contribution < -0.4 is 0 Å². The van der Waals surface area contributed by atoms with Crippen molar-refractivity contribution in [2.75, 3.05) is 0 Å². The number of imidazole rings is 1. The summed E-state index contributed by atoms with van der Waals surface area (Å²) in [7, 11) is 0. The molecule has 2 aromatic rings. The molecule has 17 heavy (non-hydrogen) atoms. The Bertz CT molecular complexity index is 527. The van der Waals surface area contributed by atoms with Crippen LogP contribution in [0.2, 0.25) is 5.02 Å². The van der Waals surface area contributed by atoms with Gasteiger partial charge in [-0.3, -0.25) is 0 Å². The fourth-order valence-electron chi connectivity index (χ4n) is 1.57. The van der Waals surface area contributed by atoms with Gasteiger partial charge in [-0.25, -0.2) is 9.37 Å². The minimum Gasteiger partial charge on any atom is -0.382 e. The summed E-state index contributed by atoms with van der Waals surface area (Å²) in [6.07, 6.45) is 2.23. The average molecular weight is 255 g/mol. The largest absolute Gasteiger partial charge is 0.382 e. The minimum absolute atomic E-state index is 0.177. The van der Waals surface area contributed by atoms with Crippen molar-refractivity contribution in [3.8, 4) is 0 Å². The lowest BCUT2D eigenvalue weighted by Gasteiger charge is -2.09. The van der Waals surface area contributed by atoms with Crippen LogP contribution in [-0.2, 0) is 6.54 Å². The van der Waals surface area contributed by atoms with Crippen LogP contribution in [0.1, 0.15) is 24.3 Å². The van der Waals surface area contributed by atoms with Gasteiger partial charge >= 0.3 is 0 Å². The van der Waals surface area contributed by atoms with Gasteiger partial charge in [0.15, 0.2) is 0 Å². The van der Waals surface area contributed by atoms with Gasteiger partial charge in [0.2, 0.25) is 0 Å². The molecule has 0 amide bonds. The molecular weight excluding hydrogens is 243 g/mol. The molecule has 0 bridgehead atoms. The fourth-order valence-corrected chi connectivity index (χ4v) is 1.73. The van der Waals surface area contributed by atoms with Crippen molar-refractivity contribution in [2.24, 2.45) is 0 Å². The second kappa shape index (κ2) is 4.85. The molecule has 1 aromatic carbocycles. The topological polar surface area (TPSA) is 38.0 Å². The standard InChI is InChI=1S/C12H12ClFN2O/c1-2-16-6-11(15-7-16)12(17)9-4-3-8(13)5-10(9)14/h3-7,12,17H,2H2,1H3. The third-order valence-electron chi connectivity index (χ3n) is 2.56. The molecule has 0 aliphatic rings. The summed E-state index contributed by atoms with van der Waals surface area (Å²) >= 11 is 5.65. The summed E-state index contributed by atoms with van der Waals surface area (Å²) in [5.74, 6) is -0.531. The van der Waals surface area contributed by atoms with Crippen LogP contribution in [0, 0.1) is 5.82 Å². The summed E-state index contributed by atoms with van der Waals surface area (Å²) in [6.45, 7) is 2.71. The first-order chi connectivity index (χ1) is 8.11. The van der Waals surface area contributed by atoms with E-state index in [0.29, 0.717) is 10.7 Å². The van der Waals surface area contributed by atoms with Crippen molar-refractivity contribution in [1.29, 1.82) is 0 Å². The Kier molecular flexibility index (Phi) is 3.45. The van der Waals surface area contributed by atoms with E-state index in [9.17, 15) is 9.50 Å². The molecule has 1 heterocycles. The molecule has 0 fully saturated rings. The Labute approximate surface area is 103 Å². The van der Waals surface area contributed by atoms with Crippen LogP contribution >= 0.6 is 11.6 Å². The van der Waals surface area contributed by atoms with Gasteiger partial charge in [0.25, 0.3) is 0 Å². The summed E-state index contributed by atoms with van der Waals surface area (Å²) in [5.41, 5.74) is 0.601. The van der Waals surface area contributed by atoms with Crippen molar-refractivity contribution in [3.05, 3.63) is 52.8 Å². The molecule has 0 saturated carbocycles. The molecule has 0 saturated heterocycles. The highest BCUT2D eigenvalue weighted by Crippen LogP contribution is 2.25. The molecule has 2 rings (SSSR count). The molecule has 3 nitrogen and oxygen atoms in total. The number of aryl methyl sites for hydroxylation is 1. The molecule has 0 aliphatic heterocycles. The quantitative estimate of drug-likeness (QED) is 0.915. The number of aliphatic hydroxyl groups excluding tert-OH is 1. The van der Waals surface area contributed by atoms with Crippen LogP contribution in [0.5, 0.6) is 0 Å². The van der Waals surface area contributed by atoms with Crippen molar-refractivity contribution in [3.63, 3.8) is 0 Å². The molecule has 5 heteroatoms. The second-order valence-electron chi connectivity index (χ2n) is 3.70. The van der Waals surface area contributed by atoms with E-state index in [1.54, 1.807) is 18.6 Å². The van der Waals surface area contributed by atoms with Gasteiger partial charge in [-0.1, -0.05) is 17.7 Å². The smallest absolute Gasteiger partial charge is 0.130 e. The Morgan fingerprint density at radius 3 is 2.88 bits per heavy atom. The molecular formula is C12H12ClFN2O. The molecule has 90 valence electrons. The van der Waals surface area contributed by atoms with E-state index in [0.717, 1.165) is 6.54 Å². The Morgan fingerprint density at radius 1 is 1.53 bits per heavy atom. The van der Waals surface area contributed by atoms with Gasteiger partial charge < -0.3 is 9.67 Å². The van der Waals surface area contributed by atoms with E-state index in [1.807, 2.05) is 11.5 Å². The number of nitrogens with zero attached hydrogens (tertiary/aromatic N) is 2. The van der Waals surface area contributed by atoms with Gasteiger partial charge in [0, 0.05) is 23.3 Å². The van der Waals surface area contributed by atoms with Crippen molar-refractivity contribution in [2.45, 2.75) is 19.6 Å². The maximum absolute atomic E-state index is 13.6. The van der Waals surface area contributed by atoms with Crippen LogP contribution in [0.3, 0.4) is 0 Å². The Morgan fingerprint density at radius 2 is 2.29 bits per heavy atom. The molecule has 1 aromatic heterocycles. The number of rotatable bonds is 3. The lowest BCUT2D eigenvalue weighted by Crippen LogP contribution is -2.03. The molecule has 1 unspecified atom stereocenters. The predicted molar refractivity (Wildman–Crippen MR) is 63.4 cm³/mol. The van der Waals surface area contributed by atoms with Gasteiger partial charge in [0.1, 0.15) is 11.9 Å². The zero-order chi connectivity index (χ0) is 12.4. The first kappa shape index (κ1) is 12.1. The van der Waals surface area contributed by atoms with E-state index in [-0.39, 0.29) is 5.56 Å². The van der Waals surface area contributed by atoms with Gasteiger partial charge in [-0.2, -0.15) is 0 Å². The highest BCUT2D eigenvalue weighted by molar-refractivity contribution is 6.30. The summed E-state index contributed by atoms with van der Waals surface area (Å²) in [5, 5.41) is 10.3. The zero-order valence-corrected chi connectivity index (χ0v) is 10.0. The molecule has 0 spiro atoms. The molecule has 1 atom stereocenters. The van der Waals surface area contributed by atoms with Gasteiger partial charge in [-0.15, -0.1) is 0 Å². The van der Waals surface area contributed by atoms with Crippen LogP contribution in [-0.4, -0.2) is 14.7 Å². The molecule has 0 aliphatic carbocycles. The predicted octanol–water partition coefficient (Wildman–Crippen LogP) is 2.78. The Balaban J connectivity index is 2.33. The number of halogens is 2. The van der Waals surface area contributed by atoms with E-state index >= 15 is 0 Å². The number of aliphatic hydroxyl groups is 1. The zero-order valence-electron chi connectivity index (χ0n) is 9.27. The van der Waals surface area contributed by atoms with E-state index in [2.05, 4.69) is 4.98 Å². The van der Waals surface area contributed by atoms with Crippen molar-refractivity contribution < 1.29 is 9.50 Å². The fraction of sp³-hybridized carbons (Fsp3) is 0.250. The number of hydrogen-bond donors (Lipinski definition) is 1.